The smallest absolute Gasteiger partial charge is 0.261 e. The van der Waals surface area contributed by atoms with Crippen LogP contribution in [0.3, 0.4) is 0 Å². The summed E-state index contributed by atoms with van der Waals surface area (Å²) in [4.78, 5) is 27.2. The highest BCUT2D eigenvalue weighted by Gasteiger charge is 2.31. The maximum atomic E-state index is 12.4. The second-order valence-corrected chi connectivity index (χ2v) is 6.40. The average molecular weight is 305 g/mol. The Morgan fingerprint density at radius 2 is 2.00 bits per heavy atom. The number of hydrogen-bond acceptors (Lipinski definition) is 2. The monoisotopic (exact) mass is 304 g/mol. The van der Waals surface area contributed by atoms with Crippen molar-refractivity contribution in [2.75, 3.05) is 0 Å². The predicted octanol–water partition coefficient (Wildman–Crippen LogP) is 3.24. The third-order valence-electron chi connectivity index (χ3n) is 4.18. The van der Waals surface area contributed by atoms with Gasteiger partial charge in [-0.15, -0.1) is 0 Å². The fraction of sp³-hybridized carbons (Fsp3) is 0.375. The SMILES string of the molecule is CC1(NC(=O)c2cc3ccc(Cl)cc3[nH]c2=O)CCCC1. The zero-order valence-corrected chi connectivity index (χ0v) is 12.6. The number of carbonyl (C=O) groups excluding carboxylic acids is 1. The average Bonchev–Trinajstić information content (AvgIpc) is 2.84. The highest BCUT2D eigenvalue weighted by Crippen LogP contribution is 2.29. The number of rotatable bonds is 2. The number of carbonyl (C=O) groups is 1. The molecule has 1 amide bonds. The van der Waals surface area contributed by atoms with E-state index in [0.717, 1.165) is 31.1 Å². The lowest BCUT2D eigenvalue weighted by atomic mass is 10.00. The van der Waals surface area contributed by atoms with E-state index in [1.165, 1.54) is 0 Å². The molecular weight excluding hydrogens is 288 g/mol. The zero-order chi connectivity index (χ0) is 15.0. The van der Waals surface area contributed by atoms with Gasteiger partial charge in [0.15, 0.2) is 0 Å². The molecule has 0 aliphatic heterocycles. The van der Waals surface area contributed by atoms with E-state index < -0.39 is 0 Å². The van der Waals surface area contributed by atoms with Crippen molar-refractivity contribution in [1.82, 2.24) is 10.3 Å². The molecule has 1 aliphatic rings. The summed E-state index contributed by atoms with van der Waals surface area (Å²) in [6.07, 6.45) is 4.15. The van der Waals surface area contributed by atoms with Crippen molar-refractivity contribution in [3.63, 3.8) is 0 Å². The van der Waals surface area contributed by atoms with E-state index in [4.69, 9.17) is 11.6 Å². The topological polar surface area (TPSA) is 62.0 Å². The first kappa shape index (κ1) is 14.1. The summed E-state index contributed by atoms with van der Waals surface area (Å²) >= 11 is 5.90. The lowest BCUT2D eigenvalue weighted by Crippen LogP contribution is -2.45. The molecule has 5 heteroatoms. The molecule has 1 aromatic carbocycles. The number of H-pyrrole nitrogens is 1. The standard InChI is InChI=1S/C16H17ClN2O2/c1-16(6-2-3-7-16)19-15(21)12-8-10-4-5-11(17)9-13(10)18-14(12)20/h4-5,8-9H,2-3,6-7H2,1H3,(H,18,20)(H,19,21). The molecule has 4 nitrogen and oxygen atoms in total. The van der Waals surface area contributed by atoms with Crippen LogP contribution in [-0.2, 0) is 0 Å². The normalized spacial score (nSPS) is 17.0. The van der Waals surface area contributed by atoms with Gasteiger partial charge in [0.1, 0.15) is 5.56 Å². The van der Waals surface area contributed by atoms with Gasteiger partial charge in [-0.25, -0.2) is 0 Å². The molecule has 2 N–H and O–H groups in total. The Labute approximate surface area is 127 Å². The van der Waals surface area contributed by atoms with Crippen LogP contribution in [0.1, 0.15) is 43.0 Å². The quantitative estimate of drug-likeness (QED) is 0.894. The lowest BCUT2D eigenvalue weighted by Gasteiger charge is -2.25. The van der Waals surface area contributed by atoms with Crippen molar-refractivity contribution in [1.29, 1.82) is 0 Å². The number of aromatic nitrogens is 1. The number of fused-ring (bicyclic) bond motifs is 1. The molecule has 0 bridgehead atoms. The summed E-state index contributed by atoms with van der Waals surface area (Å²) < 4.78 is 0. The van der Waals surface area contributed by atoms with Gasteiger partial charge in [-0.05, 0) is 43.4 Å². The molecule has 0 saturated heterocycles. The van der Waals surface area contributed by atoms with Crippen molar-refractivity contribution < 1.29 is 4.79 Å². The molecule has 0 atom stereocenters. The second-order valence-electron chi connectivity index (χ2n) is 5.97. The third-order valence-corrected chi connectivity index (χ3v) is 4.41. The molecule has 3 rings (SSSR count). The summed E-state index contributed by atoms with van der Waals surface area (Å²) in [5.74, 6) is -0.308. The molecule has 1 heterocycles. The van der Waals surface area contributed by atoms with Crippen molar-refractivity contribution in [2.45, 2.75) is 38.1 Å². The molecule has 21 heavy (non-hydrogen) atoms. The minimum Gasteiger partial charge on any atom is -0.347 e. The Balaban J connectivity index is 1.96. The highest BCUT2D eigenvalue weighted by molar-refractivity contribution is 6.31. The Bertz CT molecular complexity index is 760. The molecule has 110 valence electrons. The number of pyridine rings is 1. The Morgan fingerprint density at radius 3 is 2.71 bits per heavy atom. The van der Waals surface area contributed by atoms with Crippen LogP contribution in [0, 0.1) is 0 Å². The highest BCUT2D eigenvalue weighted by atomic mass is 35.5. The fourth-order valence-corrected chi connectivity index (χ4v) is 3.14. The summed E-state index contributed by atoms with van der Waals surface area (Å²) in [5, 5.41) is 4.35. The van der Waals surface area contributed by atoms with E-state index in [1.54, 1.807) is 24.3 Å². The summed E-state index contributed by atoms with van der Waals surface area (Å²) in [6, 6.07) is 6.83. The second kappa shape index (κ2) is 5.19. The number of nitrogens with one attached hydrogen (secondary N) is 2. The van der Waals surface area contributed by atoms with Gasteiger partial charge in [0.25, 0.3) is 11.5 Å². The van der Waals surface area contributed by atoms with Crippen LogP contribution in [0.4, 0.5) is 0 Å². The van der Waals surface area contributed by atoms with Crippen LogP contribution in [0.5, 0.6) is 0 Å². The minimum atomic E-state index is -0.385. The summed E-state index contributed by atoms with van der Waals surface area (Å²) in [7, 11) is 0. The van der Waals surface area contributed by atoms with E-state index in [9.17, 15) is 9.59 Å². The van der Waals surface area contributed by atoms with Crippen LogP contribution in [-0.4, -0.2) is 16.4 Å². The van der Waals surface area contributed by atoms with Crippen molar-refractivity contribution in [3.05, 3.63) is 45.2 Å². The van der Waals surface area contributed by atoms with Gasteiger partial charge in [0, 0.05) is 16.1 Å². The fourth-order valence-electron chi connectivity index (χ4n) is 2.96. The van der Waals surface area contributed by atoms with Crippen LogP contribution in [0.2, 0.25) is 5.02 Å². The van der Waals surface area contributed by atoms with Gasteiger partial charge in [0.2, 0.25) is 0 Å². The number of benzene rings is 1. The number of halogens is 1. The molecule has 1 aliphatic carbocycles. The molecule has 0 spiro atoms. The maximum absolute atomic E-state index is 12.4. The van der Waals surface area contributed by atoms with Gasteiger partial charge in [0.05, 0.1) is 0 Å². The van der Waals surface area contributed by atoms with Crippen molar-refractivity contribution in [3.8, 4) is 0 Å². The first-order chi connectivity index (χ1) is 9.97. The minimum absolute atomic E-state index is 0.151. The number of amides is 1. The Kier molecular flexibility index (Phi) is 3.49. The van der Waals surface area contributed by atoms with Crippen LogP contribution in [0.15, 0.2) is 29.1 Å². The Morgan fingerprint density at radius 1 is 1.29 bits per heavy atom. The number of hydrogen-bond donors (Lipinski definition) is 2. The van der Waals surface area contributed by atoms with Gasteiger partial charge in [-0.1, -0.05) is 30.5 Å². The van der Waals surface area contributed by atoms with Crippen molar-refractivity contribution >= 4 is 28.4 Å². The van der Waals surface area contributed by atoms with Gasteiger partial charge >= 0.3 is 0 Å². The largest absolute Gasteiger partial charge is 0.347 e. The van der Waals surface area contributed by atoms with E-state index in [2.05, 4.69) is 10.3 Å². The van der Waals surface area contributed by atoms with E-state index in [1.807, 2.05) is 6.92 Å². The van der Waals surface area contributed by atoms with Crippen molar-refractivity contribution in [2.24, 2.45) is 0 Å². The maximum Gasteiger partial charge on any atom is 0.261 e. The molecule has 2 aromatic rings. The van der Waals surface area contributed by atoms with Gasteiger partial charge in [-0.2, -0.15) is 0 Å². The van der Waals surface area contributed by atoms with E-state index in [-0.39, 0.29) is 22.6 Å². The molecular formula is C16H17ClN2O2. The Hall–Kier alpha value is -1.81. The first-order valence-electron chi connectivity index (χ1n) is 7.12. The molecule has 1 saturated carbocycles. The first-order valence-corrected chi connectivity index (χ1v) is 7.50. The lowest BCUT2D eigenvalue weighted by molar-refractivity contribution is 0.0906. The van der Waals surface area contributed by atoms with E-state index >= 15 is 0 Å². The predicted molar refractivity (Wildman–Crippen MR) is 83.9 cm³/mol. The van der Waals surface area contributed by atoms with Gasteiger partial charge in [-0.3, -0.25) is 9.59 Å². The molecule has 0 unspecified atom stereocenters. The number of aromatic amines is 1. The van der Waals surface area contributed by atoms with Crippen LogP contribution >= 0.6 is 11.6 Å². The summed E-state index contributed by atoms with van der Waals surface area (Å²) in [6.45, 7) is 2.03. The molecule has 1 aromatic heterocycles. The molecule has 0 radical (unpaired) electrons. The van der Waals surface area contributed by atoms with Crippen LogP contribution in [0.25, 0.3) is 10.9 Å². The van der Waals surface area contributed by atoms with Gasteiger partial charge < -0.3 is 10.3 Å². The molecule has 1 fully saturated rings. The van der Waals surface area contributed by atoms with E-state index in [0.29, 0.717) is 10.5 Å². The van der Waals surface area contributed by atoms with Crippen LogP contribution < -0.4 is 10.9 Å². The summed E-state index contributed by atoms with van der Waals surface area (Å²) in [5.41, 5.74) is 0.205. The zero-order valence-electron chi connectivity index (χ0n) is 11.8. The third kappa shape index (κ3) is 2.81.